The number of ether oxygens (including phenoxy) is 1. The molecule has 0 atom stereocenters. The monoisotopic (exact) mass is 303 g/mol. The predicted molar refractivity (Wildman–Crippen MR) is 85.6 cm³/mol. The first-order chi connectivity index (χ1) is 10.6. The Balaban J connectivity index is 2.08. The quantitative estimate of drug-likeness (QED) is 0.814. The molecule has 0 radical (unpaired) electrons. The summed E-state index contributed by atoms with van der Waals surface area (Å²) in [6, 6.07) is 8.07. The van der Waals surface area contributed by atoms with E-state index in [2.05, 4.69) is 37.1 Å². The van der Waals surface area contributed by atoms with Gasteiger partial charge in [-0.15, -0.1) is 5.10 Å². The molecular weight excluding hydrogens is 278 g/mol. The molecule has 0 aliphatic rings. The fourth-order valence-electron chi connectivity index (χ4n) is 2.22. The Morgan fingerprint density at radius 1 is 1.32 bits per heavy atom. The molecule has 22 heavy (non-hydrogen) atoms. The topological polar surface area (TPSA) is 60.2 Å². The minimum absolute atomic E-state index is 0.116. The van der Waals surface area contributed by atoms with Gasteiger partial charge in [0.1, 0.15) is 23.7 Å². The molecule has 1 aromatic heterocycles. The van der Waals surface area contributed by atoms with E-state index < -0.39 is 0 Å². The third-order valence-corrected chi connectivity index (χ3v) is 3.67. The van der Waals surface area contributed by atoms with E-state index in [1.54, 1.807) is 0 Å². The number of hydrogen-bond acceptors (Lipinski definition) is 4. The van der Waals surface area contributed by atoms with Crippen molar-refractivity contribution in [3.63, 3.8) is 0 Å². The van der Waals surface area contributed by atoms with Crippen LogP contribution >= 0.6 is 0 Å². The summed E-state index contributed by atoms with van der Waals surface area (Å²) in [6.07, 6.45) is 2.00. The minimum Gasteiger partial charge on any atom is -0.487 e. The van der Waals surface area contributed by atoms with E-state index in [0.29, 0.717) is 18.2 Å². The molecule has 1 heterocycles. The third kappa shape index (κ3) is 4.31. The number of benzene rings is 1. The minimum atomic E-state index is -0.116. The standard InChI is InChI=1S/C17H25N3O2/c1-4-14-6-5-7-15(10-14)22-12-17-16(11-21)18-19-20(17)9-8-13(2)3/h5-7,10,13,21H,4,8-9,11-12H2,1-3H3. The van der Waals surface area contributed by atoms with Gasteiger partial charge in [0.05, 0.1) is 6.61 Å². The van der Waals surface area contributed by atoms with E-state index >= 15 is 0 Å². The smallest absolute Gasteiger partial charge is 0.132 e. The highest BCUT2D eigenvalue weighted by atomic mass is 16.5. The first-order valence-corrected chi connectivity index (χ1v) is 7.87. The van der Waals surface area contributed by atoms with E-state index in [1.165, 1.54) is 5.56 Å². The number of aliphatic hydroxyl groups is 1. The molecule has 2 aromatic rings. The number of aromatic nitrogens is 3. The molecule has 0 aliphatic carbocycles. The van der Waals surface area contributed by atoms with Crippen molar-refractivity contribution in [2.75, 3.05) is 0 Å². The molecule has 0 aliphatic heterocycles. The highest BCUT2D eigenvalue weighted by Crippen LogP contribution is 2.17. The van der Waals surface area contributed by atoms with Crippen LogP contribution in [-0.4, -0.2) is 20.1 Å². The first-order valence-electron chi connectivity index (χ1n) is 7.87. The van der Waals surface area contributed by atoms with Gasteiger partial charge in [0, 0.05) is 6.54 Å². The van der Waals surface area contributed by atoms with E-state index in [9.17, 15) is 5.11 Å². The molecule has 1 aromatic carbocycles. The largest absolute Gasteiger partial charge is 0.487 e. The van der Waals surface area contributed by atoms with Gasteiger partial charge in [0.2, 0.25) is 0 Å². The zero-order valence-electron chi connectivity index (χ0n) is 13.6. The molecule has 120 valence electrons. The van der Waals surface area contributed by atoms with Gasteiger partial charge in [-0.05, 0) is 36.5 Å². The Bertz CT molecular complexity index is 593. The Morgan fingerprint density at radius 3 is 2.82 bits per heavy atom. The molecule has 0 spiro atoms. The first kappa shape index (κ1) is 16.5. The molecule has 0 saturated carbocycles. The van der Waals surface area contributed by atoms with E-state index in [0.717, 1.165) is 30.8 Å². The lowest BCUT2D eigenvalue weighted by molar-refractivity contribution is 0.260. The van der Waals surface area contributed by atoms with Crippen LogP contribution in [0.5, 0.6) is 5.75 Å². The van der Waals surface area contributed by atoms with Crippen molar-refractivity contribution in [1.29, 1.82) is 0 Å². The van der Waals surface area contributed by atoms with Crippen molar-refractivity contribution < 1.29 is 9.84 Å². The van der Waals surface area contributed by atoms with E-state index in [1.807, 2.05) is 22.9 Å². The zero-order chi connectivity index (χ0) is 15.9. The highest BCUT2D eigenvalue weighted by molar-refractivity contribution is 5.28. The van der Waals surface area contributed by atoms with Gasteiger partial charge in [-0.1, -0.05) is 38.1 Å². The Hall–Kier alpha value is -1.88. The summed E-state index contributed by atoms with van der Waals surface area (Å²) in [7, 11) is 0. The van der Waals surface area contributed by atoms with Gasteiger partial charge in [0.15, 0.2) is 0 Å². The SMILES string of the molecule is CCc1cccc(OCc2c(CO)nnn2CCC(C)C)c1. The van der Waals surface area contributed by atoms with Gasteiger partial charge < -0.3 is 9.84 Å². The van der Waals surface area contributed by atoms with Crippen molar-refractivity contribution in [2.24, 2.45) is 5.92 Å². The van der Waals surface area contributed by atoms with Crippen molar-refractivity contribution >= 4 is 0 Å². The highest BCUT2D eigenvalue weighted by Gasteiger charge is 2.13. The summed E-state index contributed by atoms with van der Waals surface area (Å²) in [5.74, 6) is 1.43. The molecule has 0 bridgehead atoms. The lowest BCUT2D eigenvalue weighted by Crippen LogP contribution is -2.11. The molecule has 1 N–H and O–H groups in total. The molecule has 0 unspecified atom stereocenters. The molecule has 5 nitrogen and oxygen atoms in total. The van der Waals surface area contributed by atoms with Crippen molar-refractivity contribution in [3.05, 3.63) is 41.2 Å². The lowest BCUT2D eigenvalue weighted by atomic mass is 10.1. The normalized spacial score (nSPS) is 11.1. The van der Waals surface area contributed by atoms with Gasteiger partial charge in [-0.25, -0.2) is 4.68 Å². The molecule has 0 fully saturated rings. The summed E-state index contributed by atoms with van der Waals surface area (Å²) >= 11 is 0. The third-order valence-electron chi connectivity index (χ3n) is 3.67. The van der Waals surface area contributed by atoms with E-state index in [4.69, 9.17) is 4.74 Å². The molecule has 0 amide bonds. The number of aryl methyl sites for hydroxylation is 2. The maximum absolute atomic E-state index is 9.42. The molecule has 2 rings (SSSR count). The maximum Gasteiger partial charge on any atom is 0.132 e. The summed E-state index contributed by atoms with van der Waals surface area (Å²) < 4.78 is 7.71. The van der Waals surface area contributed by atoms with Crippen LogP contribution in [0.25, 0.3) is 0 Å². The number of rotatable bonds is 8. The van der Waals surface area contributed by atoms with Crippen LogP contribution in [0, 0.1) is 5.92 Å². The van der Waals surface area contributed by atoms with Crippen molar-refractivity contribution in [2.45, 2.75) is 53.4 Å². The Kier molecular flexibility index (Phi) is 5.95. The second-order valence-corrected chi connectivity index (χ2v) is 5.84. The van der Waals surface area contributed by atoms with Crippen LogP contribution in [0.4, 0.5) is 0 Å². The summed E-state index contributed by atoms with van der Waals surface area (Å²) in [6.45, 7) is 7.52. The van der Waals surface area contributed by atoms with Crippen LogP contribution < -0.4 is 4.74 Å². The van der Waals surface area contributed by atoms with Gasteiger partial charge in [-0.3, -0.25) is 0 Å². The van der Waals surface area contributed by atoms with Gasteiger partial charge >= 0.3 is 0 Å². The fraction of sp³-hybridized carbons (Fsp3) is 0.529. The Morgan fingerprint density at radius 2 is 2.14 bits per heavy atom. The second kappa shape index (κ2) is 7.94. The molecule has 0 saturated heterocycles. The molecular formula is C17H25N3O2. The summed E-state index contributed by atoms with van der Waals surface area (Å²) in [5.41, 5.74) is 2.69. The average molecular weight is 303 g/mol. The zero-order valence-corrected chi connectivity index (χ0v) is 13.6. The van der Waals surface area contributed by atoms with Gasteiger partial charge in [-0.2, -0.15) is 0 Å². The van der Waals surface area contributed by atoms with Gasteiger partial charge in [0.25, 0.3) is 0 Å². The fourth-order valence-corrected chi connectivity index (χ4v) is 2.22. The molecule has 5 heteroatoms. The summed E-state index contributed by atoms with van der Waals surface area (Å²) in [5, 5.41) is 17.6. The van der Waals surface area contributed by atoms with Crippen LogP contribution in [-0.2, 0) is 26.2 Å². The number of hydrogen-bond donors (Lipinski definition) is 1. The lowest BCUT2D eigenvalue weighted by Gasteiger charge is -2.11. The Labute approximate surface area is 131 Å². The average Bonchev–Trinajstić information content (AvgIpc) is 2.93. The van der Waals surface area contributed by atoms with Crippen LogP contribution in [0.1, 0.15) is 44.1 Å². The van der Waals surface area contributed by atoms with Crippen LogP contribution in [0.2, 0.25) is 0 Å². The van der Waals surface area contributed by atoms with Crippen molar-refractivity contribution in [3.8, 4) is 5.75 Å². The predicted octanol–water partition coefficient (Wildman–Crippen LogP) is 2.96. The maximum atomic E-state index is 9.42. The number of aliphatic hydroxyl groups excluding tert-OH is 1. The second-order valence-electron chi connectivity index (χ2n) is 5.84. The van der Waals surface area contributed by atoms with Crippen LogP contribution in [0.15, 0.2) is 24.3 Å². The summed E-state index contributed by atoms with van der Waals surface area (Å²) in [4.78, 5) is 0. The van der Waals surface area contributed by atoms with E-state index in [-0.39, 0.29) is 6.61 Å². The number of nitrogens with zero attached hydrogens (tertiary/aromatic N) is 3. The van der Waals surface area contributed by atoms with Crippen LogP contribution in [0.3, 0.4) is 0 Å². The van der Waals surface area contributed by atoms with Crippen molar-refractivity contribution in [1.82, 2.24) is 15.0 Å².